The summed E-state index contributed by atoms with van der Waals surface area (Å²) in [5.74, 6) is -0.422. The minimum atomic E-state index is -1.01. The molecule has 1 heterocycles. The molecule has 1 saturated heterocycles. The molecule has 0 spiro atoms. The summed E-state index contributed by atoms with van der Waals surface area (Å²) < 4.78 is 5.06. The first kappa shape index (κ1) is 11.2. The van der Waals surface area contributed by atoms with Crippen molar-refractivity contribution in [2.24, 2.45) is 5.92 Å². The molecule has 90 valence electrons. The molecule has 6 nitrogen and oxygen atoms in total. The lowest BCUT2D eigenvalue weighted by atomic mass is 10.2. The fourth-order valence-corrected chi connectivity index (χ4v) is 1.71. The number of nitrogens with one attached hydrogen (secondary N) is 1. The standard InChI is InChI=1S/C10H16N2O4/c13-9(14)8-6-16-4-3-12(8)10(15)11-5-7-1-2-7/h7-8H,1-6H2,(H,11,15)(H,13,14). The average molecular weight is 228 g/mol. The Morgan fingerprint density at radius 3 is 2.81 bits per heavy atom. The minimum absolute atomic E-state index is 0.0756. The van der Waals surface area contributed by atoms with Gasteiger partial charge in [0.25, 0.3) is 0 Å². The van der Waals surface area contributed by atoms with Gasteiger partial charge in [-0.2, -0.15) is 0 Å². The fourth-order valence-electron chi connectivity index (χ4n) is 1.71. The van der Waals surface area contributed by atoms with Crippen LogP contribution in [0, 0.1) is 5.92 Å². The zero-order chi connectivity index (χ0) is 11.5. The number of amides is 2. The van der Waals surface area contributed by atoms with Crippen LogP contribution in [0.2, 0.25) is 0 Å². The van der Waals surface area contributed by atoms with Crippen molar-refractivity contribution in [1.29, 1.82) is 0 Å². The normalized spacial score (nSPS) is 25.2. The maximum absolute atomic E-state index is 11.7. The molecular formula is C10H16N2O4. The van der Waals surface area contributed by atoms with E-state index in [9.17, 15) is 9.59 Å². The number of hydrogen-bond donors (Lipinski definition) is 2. The zero-order valence-corrected chi connectivity index (χ0v) is 9.02. The van der Waals surface area contributed by atoms with E-state index in [4.69, 9.17) is 9.84 Å². The van der Waals surface area contributed by atoms with E-state index in [1.165, 1.54) is 4.90 Å². The third-order valence-electron chi connectivity index (χ3n) is 2.91. The van der Waals surface area contributed by atoms with E-state index in [0.29, 0.717) is 25.6 Å². The summed E-state index contributed by atoms with van der Waals surface area (Å²) >= 11 is 0. The van der Waals surface area contributed by atoms with Crippen LogP contribution in [0.25, 0.3) is 0 Å². The number of urea groups is 1. The van der Waals surface area contributed by atoms with E-state index in [-0.39, 0.29) is 12.6 Å². The van der Waals surface area contributed by atoms with Crippen molar-refractivity contribution < 1.29 is 19.4 Å². The van der Waals surface area contributed by atoms with Gasteiger partial charge in [0.1, 0.15) is 0 Å². The molecule has 1 atom stereocenters. The molecular weight excluding hydrogens is 212 g/mol. The lowest BCUT2D eigenvalue weighted by Crippen LogP contribution is -2.55. The number of carboxylic acids is 1. The van der Waals surface area contributed by atoms with Gasteiger partial charge < -0.3 is 20.1 Å². The van der Waals surface area contributed by atoms with Crippen molar-refractivity contribution in [3.63, 3.8) is 0 Å². The highest BCUT2D eigenvalue weighted by Gasteiger charge is 2.33. The maximum Gasteiger partial charge on any atom is 0.328 e. The Balaban J connectivity index is 1.87. The quantitative estimate of drug-likeness (QED) is 0.706. The average Bonchev–Trinajstić information content (AvgIpc) is 3.09. The molecule has 0 aromatic rings. The Morgan fingerprint density at radius 2 is 2.19 bits per heavy atom. The molecule has 0 radical (unpaired) electrons. The molecule has 2 aliphatic rings. The third kappa shape index (κ3) is 2.63. The number of aliphatic carboxylic acids is 1. The van der Waals surface area contributed by atoms with Crippen LogP contribution in [-0.2, 0) is 9.53 Å². The van der Waals surface area contributed by atoms with Gasteiger partial charge in [0.2, 0.25) is 0 Å². The number of carbonyl (C=O) groups is 2. The molecule has 2 rings (SSSR count). The molecule has 2 fully saturated rings. The van der Waals surface area contributed by atoms with Gasteiger partial charge in [0.05, 0.1) is 13.2 Å². The molecule has 1 unspecified atom stereocenters. The Labute approximate surface area is 93.6 Å². The fraction of sp³-hybridized carbons (Fsp3) is 0.800. The highest BCUT2D eigenvalue weighted by atomic mass is 16.5. The summed E-state index contributed by atoms with van der Waals surface area (Å²) in [6.45, 7) is 1.48. The van der Waals surface area contributed by atoms with Crippen molar-refractivity contribution >= 4 is 12.0 Å². The van der Waals surface area contributed by atoms with Crippen molar-refractivity contribution in [3.05, 3.63) is 0 Å². The van der Waals surface area contributed by atoms with Crippen molar-refractivity contribution in [3.8, 4) is 0 Å². The SMILES string of the molecule is O=C(O)C1COCCN1C(=O)NCC1CC1. The number of nitrogens with zero attached hydrogens (tertiary/aromatic N) is 1. The molecule has 16 heavy (non-hydrogen) atoms. The molecule has 0 bridgehead atoms. The number of carbonyl (C=O) groups excluding carboxylic acids is 1. The highest BCUT2D eigenvalue weighted by Crippen LogP contribution is 2.27. The Morgan fingerprint density at radius 1 is 1.44 bits per heavy atom. The number of rotatable bonds is 3. The Hall–Kier alpha value is -1.30. The van der Waals surface area contributed by atoms with Crippen LogP contribution in [0.5, 0.6) is 0 Å². The van der Waals surface area contributed by atoms with Gasteiger partial charge >= 0.3 is 12.0 Å². The Bertz CT molecular complexity index is 291. The summed E-state index contributed by atoms with van der Waals surface area (Å²) in [6.07, 6.45) is 2.32. The van der Waals surface area contributed by atoms with E-state index >= 15 is 0 Å². The molecule has 2 amide bonds. The van der Waals surface area contributed by atoms with Crippen molar-refractivity contribution in [1.82, 2.24) is 10.2 Å². The number of hydrogen-bond acceptors (Lipinski definition) is 3. The molecule has 1 aliphatic heterocycles. The first-order chi connectivity index (χ1) is 7.68. The Kier molecular flexibility index (Phi) is 3.28. The van der Waals surface area contributed by atoms with Gasteiger partial charge in [-0.15, -0.1) is 0 Å². The number of ether oxygens (including phenoxy) is 1. The summed E-state index contributed by atoms with van der Waals surface area (Å²) in [7, 11) is 0. The smallest absolute Gasteiger partial charge is 0.328 e. The van der Waals surface area contributed by atoms with E-state index < -0.39 is 12.0 Å². The molecule has 0 aromatic carbocycles. The second-order valence-electron chi connectivity index (χ2n) is 4.25. The van der Waals surface area contributed by atoms with Crippen molar-refractivity contribution in [2.75, 3.05) is 26.3 Å². The second-order valence-corrected chi connectivity index (χ2v) is 4.25. The van der Waals surface area contributed by atoms with Crippen molar-refractivity contribution in [2.45, 2.75) is 18.9 Å². The molecule has 6 heteroatoms. The predicted molar refractivity (Wildman–Crippen MR) is 55.1 cm³/mol. The van der Waals surface area contributed by atoms with E-state index in [2.05, 4.69) is 5.32 Å². The monoisotopic (exact) mass is 228 g/mol. The first-order valence-electron chi connectivity index (χ1n) is 5.53. The molecule has 1 aliphatic carbocycles. The van der Waals surface area contributed by atoms with Gasteiger partial charge in [-0.1, -0.05) is 0 Å². The molecule has 1 saturated carbocycles. The van der Waals surface area contributed by atoms with Gasteiger partial charge in [-0.05, 0) is 18.8 Å². The van der Waals surface area contributed by atoms with Gasteiger partial charge in [-0.3, -0.25) is 0 Å². The lowest BCUT2D eigenvalue weighted by Gasteiger charge is -2.32. The van der Waals surface area contributed by atoms with E-state index in [1.807, 2.05) is 0 Å². The van der Waals surface area contributed by atoms with E-state index in [1.54, 1.807) is 0 Å². The van der Waals surface area contributed by atoms with Crippen LogP contribution < -0.4 is 5.32 Å². The van der Waals surface area contributed by atoms with Gasteiger partial charge in [0, 0.05) is 13.1 Å². The van der Waals surface area contributed by atoms with Gasteiger partial charge in [-0.25, -0.2) is 9.59 Å². The van der Waals surface area contributed by atoms with Crippen LogP contribution >= 0.6 is 0 Å². The van der Waals surface area contributed by atoms with Crippen LogP contribution in [-0.4, -0.2) is 54.4 Å². The van der Waals surface area contributed by atoms with E-state index in [0.717, 1.165) is 12.8 Å². The largest absolute Gasteiger partial charge is 0.480 e. The summed E-state index contributed by atoms with van der Waals surface area (Å²) in [5.41, 5.74) is 0. The summed E-state index contributed by atoms with van der Waals surface area (Å²) in [6, 6.07) is -1.14. The highest BCUT2D eigenvalue weighted by molar-refractivity contribution is 5.83. The minimum Gasteiger partial charge on any atom is -0.480 e. The summed E-state index contributed by atoms with van der Waals surface area (Å²) in [4.78, 5) is 24.0. The van der Waals surface area contributed by atoms with Gasteiger partial charge in [0.15, 0.2) is 6.04 Å². The lowest BCUT2D eigenvalue weighted by molar-refractivity contribution is -0.147. The zero-order valence-electron chi connectivity index (χ0n) is 9.02. The van der Waals surface area contributed by atoms with Crippen LogP contribution in [0.15, 0.2) is 0 Å². The maximum atomic E-state index is 11.7. The summed E-state index contributed by atoms with van der Waals surface area (Å²) in [5, 5.41) is 11.7. The second kappa shape index (κ2) is 4.69. The number of carboxylic acid groups (broad SMARTS) is 1. The van der Waals surface area contributed by atoms with Crippen LogP contribution in [0.1, 0.15) is 12.8 Å². The third-order valence-corrected chi connectivity index (χ3v) is 2.91. The first-order valence-corrected chi connectivity index (χ1v) is 5.53. The van der Waals surface area contributed by atoms with Crippen LogP contribution in [0.4, 0.5) is 4.79 Å². The molecule has 0 aromatic heterocycles. The molecule has 2 N–H and O–H groups in total. The topological polar surface area (TPSA) is 78.9 Å². The number of morpholine rings is 1. The van der Waals surface area contributed by atoms with Crippen LogP contribution in [0.3, 0.4) is 0 Å². The predicted octanol–water partition coefficient (Wildman–Crippen LogP) is -0.109.